The Morgan fingerprint density at radius 1 is 0.949 bits per heavy atom. The summed E-state index contributed by atoms with van der Waals surface area (Å²) in [6.07, 6.45) is 3.83. The molecule has 2 aromatic carbocycles. The minimum atomic E-state index is -0.517. The lowest BCUT2D eigenvalue weighted by Gasteiger charge is -2.36. The van der Waals surface area contributed by atoms with Crippen LogP contribution in [-0.2, 0) is 24.2 Å². The number of benzene rings is 2. The molecule has 2 aliphatic rings. The molecule has 39 heavy (non-hydrogen) atoms. The van der Waals surface area contributed by atoms with Crippen LogP contribution in [0, 0.1) is 22.7 Å². The lowest BCUT2D eigenvalue weighted by Crippen LogP contribution is -2.49. The highest BCUT2D eigenvalue weighted by Gasteiger charge is 2.24. The number of carbonyl (C=O) groups is 1. The van der Waals surface area contributed by atoms with E-state index in [-0.39, 0.29) is 18.9 Å². The average Bonchev–Trinajstić information content (AvgIpc) is 3.42. The Hall–Kier alpha value is -4.83. The number of anilines is 3. The summed E-state index contributed by atoms with van der Waals surface area (Å²) in [5.41, 5.74) is 4.02. The molecule has 1 aliphatic heterocycles. The van der Waals surface area contributed by atoms with Crippen molar-refractivity contribution < 1.29 is 4.79 Å². The highest BCUT2D eigenvalue weighted by molar-refractivity contribution is 5.77. The van der Waals surface area contributed by atoms with Gasteiger partial charge in [-0.1, -0.05) is 12.1 Å². The number of H-pyrrole nitrogens is 1. The predicted molar refractivity (Wildman–Crippen MR) is 147 cm³/mol. The maximum absolute atomic E-state index is 12.8. The maximum Gasteiger partial charge on any atom is 0.329 e. The molecule has 10 heteroatoms. The SMILES string of the molecule is N#Cc1cccc(C#N)c1N1CCN(C(=O)CCCn2c(=O)cc(Nc3ccc4c(c3)CCC4)[nH]c2=O)CC1. The van der Waals surface area contributed by atoms with Crippen LogP contribution >= 0.6 is 0 Å². The van der Waals surface area contributed by atoms with E-state index in [4.69, 9.17) is 0 Å². The van der Waals surface area contributed by atoms with E-state index in [2.05, 4.69) is 34.6 Å². The number of rotatable bonds is 7. The predicted octanol–water partition coefficient (Wildman–Crippen LogP) is 2.64. The van der Waals surface area contributed by atoms with Gasteiger partial charge in [0, 0.05) is 50.9 Å². The van der Waals surface area contributed by atoms with Gasteiger partial charge < -0.3 is 15.1 Å². The van der Waals surface area contributed by atoms with Gasteiger partial charge in [0.2, 0.25) is 5.91 Å². The lowest BCUT2D eigenvalue weighted by molar-refractivity contribution is -0.131. The quantitative estimate of drug-likeness (QED) is 0.485. The highest BCUT2D eigenvalue weighted by Crippen LogP contribution is 2.27. The summed E-state index contributed by atoms with van der Waals surface area (Å²) in [4.78, 5) is 44.5. The standard InChI is InChI=1S/C29H29N7O3/c30-18-22-6-2-7-23(19-31)28(22)35-14-12-34(13-15-35)26(37)8-3-11-36-27(38)17-25(33-29(36)39)32-24-10-9-20-4-1-5-21(20)16-24/h2,6-7,9-10,16-17,32H,1,3-5,8,11-15H2,(H,33,39). The van der Waals surface area contributed by atoms with Gasteiger partial charge in [-0.3, -0.25) is 19.1 Å². The van der Waals surface area contributed by atoms with Crippen molar-refractivity contribution in [3.05, 3.63) is 85.6 Å². The number of hydrogen-bond donors (Lipinski definition) is 2. The third-order valence-corrected chi connectivity index (χ3v) is 7.40. The number of carbonyl (C=O) groups excluding carboxylic acids is 1. The summed E-state index contributed by atoms with van der Waals surface area (Å²) in [6, 6.07) is 16.8. The first-order valence-corrected chi connectivity index (χ1v) is 13.2. The van der Waals surface area contributed by atoms with Crippen molar-refractivity contribution in [2.24, 2.45) is 0 Å². The van der Waals surface area contributed by atoms with E-state index in [0.29, 0.717) is 55.2 Å². The summed E-state index contributed by atoms with van der Waals surface area (Å²) < 4.78 is 1.11. The fourth-order valence-corrected chi connectivity index (χ4v) is 5.40. The normalized spacial score (nSPS) is 14.4. The van der Waals surface area contributed by atoms with Crippen LogP contribution < -0.4 is 21.5 Å². The molecule has 1 amide bonds. The number of aryl methyl sites for hydroxylation is 2. The molecular weight excluding hydrogens is 494 g/mol. The van der Waals surface area contributed by atoms with Crippen LogP contribution in [0.3, 0.4) is 0 Å². The summed E-state index contributed by atoms with van der Waals surface area (Å²) in [5.74, 6) is 0.286. The Morgan fingerprint density at radius 3 is 2.36 bits per heavy atom. The van der Waals surface area contributed by atoms with Gasteiger partial charge in [-0.05, 0) is 61.1 Å². The molecule has 10 nitrogen and oxygen atoms in total. The summed E-state index contributed by atoms with van der Waals surface area (Å²) >= 11 is 0. The van der Waals surface area contributed by atoms with Crippen LogP contribution in [-0.4, -0.2) is 46.5 Å². The van der Waals surface area contributed by atoms with Crippen molar-refractivity contribution in [2.75, 3.05) is 36.4 Å². The van der Waals surface area contributed by atoms with Crippen molar-refractivity contribution in [3.63, 3.8) is 0 Å². The Kier molecular flexibility index (Phi) is 7.46. The zero-order valence-electron chi connectivity index (χ0n) is 21.6. The summed E-state index contributed by atoms with van der Waals surface area (Å²) in [7, 11) is 0. The summed E-state index contributed by atoms with van der Waals surface area (Å²) in [6.45, 7) is 2.09. The first-order chi connectivity index (χ1) is 19.0. The number of nitrogens with one attached hydrogen (secondary N) is 2. The number of hydrogen-bond acceptors (Lipinski definition) is 7. The fourth-order valence-electron chi connectivity index (χ4n) is 5.40. The lowest BCUT2D eigenvalue weighted by atomic mass is 10.1. The minimum Gasteiger partial charge on any atom is -0.366 e. The van der Waals surface area contributed by atoms with Crippen molar-refractivity contribution in [2.45, 2.75) is 38.6 Å². The Balaban J connectivity index is 1.14. The number of fused-ring (bicyclic) bond motifs is 1. The van der Waals surface area contributed by atoms with Crippen molar-refractivity contribution in [1.82, 2.24) is 14.5 Å². The molecule has 2 N–H and O–H groups in total. The zero-order chi connectivity index (χ0) is 27.4. The van der Waals surface area contributed by atoms with Crippen LogP contribution in [0.15, 0.2) is 52.1 Å². The third-order valence-electron chi connectivity index (χ3n) is 7.40. The number of nitrogens with zero attached hydrogens (tertiary/aromatic N) is 5. The molecule has 3 aromatic rings. The van der Waals surface area contributed by atoms with E-state index >= 15 is 0 Å². The van der Waals surface area contributed by atoms with Gasteiger partial charge in [0.1, 0.15) is 18.0 Å². The number of para-hydroxylation sites is 1. The number of piperazine rings is 1. The second kappa shape index (κ2) is 11.3. The second-order valence-corrected chi connectivity index (χ2v) is 9.84. The molecule has 0 spiro atoms. The maximum atomic E-state index is 12.8. The molecule has 1 aliphatic carbocycles. The topological polar surface area (TPSA) is 138 Å². The Morgan fingerprint density at radius 2 is 1.67 bits per heavy atom. The van der Waals surface area contributed by atoms with Crippen LogP contribution in [0.25, 0.3) is 0 Å². The molecule has 1 fully saturated rings. The highest BCUT2D eigenvalue weighted by atomic mass is 16.2. The van der Waals surface area contributed by atoms with E-state index in [1.165, 1.54) is 17.2 Å². The molecule has 1 saturated heterocycles. The zero-order valence-corrected chi connectivity index (χ0v) is 21.6. The van der Waals surface area contributed by atoms with Gasteiger partial charge in [0.25, 0.3) is 5.56 Å². The minimum absolute atomic E-state index is 0.0527. The first-order valence-electron chi connectivity index (χ1n) is 13.2. The third kappa shape index (κ3) is 5.55. The molecule has 0 unspecified atom stereocenters. The van der Waals surface area contributed by atoms with E-state index in [9.17, 15) is 24.9 Å². The van der Waals surface area contributed by atoms with Gasteiger partial charge in [-0.2, -0.15) is 10.5 Å². The molecule has 0 saturated carbocycles. The molecule has 0 atom stereocenters. The van der Waals surface area contributed by atoms with Crippen LogP contribution in [0.1, 0.15) is 41.5 Å². The molecular formula is C29H29N7O3. The van der Waals surface area contributed by atoms with E-state index in [0.717, 1.165) is 29.5 Å². The molecule has 198 valence electrons. The second-order valence-electron chi connectivity index (χ2n) is 9.84. The van der Waals surface area contributed by atoms with Gasteiger partial charge >= 0.3 is 5.69 Å². The Labute approximate surface area is 225 Å². The molecule has 0 bridgehead atoms. The van der Waals surface area contributed by atoms with E-state index in [1.54, 1.807) is 23.1 Å². The molecule has 5 rings (SSSR count). The smallest absolute Gasteiger partial charge is 0.329 e. The van der Waals surface area contributed by atoms with Crippen molar-refractivity contribution in [3.8, 4) is 12.1 Å². The van der Waals surface area contributed by atoms with Gasteiger partial charge in [-0.25, -0.2) is 4.79 Å². The Bertz CT molecular complexity index is 1540. The largest absolute Gasteiger partial charge is 0.366 e. The number of aromatic amines is 1. The molecule has 2 heterocycles. The van der Waals surface area contributed by atoms with E-state index in [1.807, 2.05) is 11.0 Å². The number of amides is 1. The fraction of sp³-hybridized carbons (Fsp3) is 0.345. The number of aromatic nitrogens is 2. The summed E-state index contributed by atoms with van der Waals surface area (Å²) in [5, 5.41) is 22.0. The van der Waals surface area contributed by atoms with Crippen LogP contribution in [0.2, 0.25) is 0 Å². The van der Waals surface area contributed by atoms with Gasteiger partial charge in [0.15, 0.2) is 0 Å². The van der Waals surface area contributed by atoms with Crippen molar-refractivity contribution >= 4 is 23.1 Å². The monoisotopic (exact) mass is 523 g/mol. The van der Waals surface area contributed by atoms with E-state index < -0.39 is 11.2 Å². The average molecular weight is 524 g/mol. The van der Waals surface area contributed by atoms with Crippen molar-refractivity contribution in [1.29, 1.82) is 10.5 Å². The first kappa shape index (κ1) is 25.8. The van der Waals surface area contributed by atoms with Gasteiger partial charge in [0.05, 0.1) is 16.8 Å². The van der Waals surface area contributed by atoms with Crippen LogP contribution in [0.4, 0.5) is 17.2 Å². The molecule has 0 radical (unpaired) electrons. The molecule has 1 aromatic heterocycles. The number of nitriles is 2. The van der Waals surface area contributed by atoms with Crippen LogP contribution in [0.5, 0.6) is 0 Å². The van der Waals surface area contributed by atoms with Gasteiger partial charge in [-0.15, -0.1) is 0 Å².